The van der Waals surface area contributed by atoms with Crippen molar-refractivity contribution in [3.8, 4) is 6.07 Å². The maximum Gasteiger partial charge on any atom is 0.170 e. The largest absolute Gasteiger partial charge is 0.354 e. The Morgan fingerprint density at radius 3 is 3.06 bits per heavy atom. The molecule has 18 heavy (non-hydrogen) atoms. The summed E-state index contributed by atoms with van der Waals surface area (Å²) in [6.07, 6.45) is 3.04. The first-order chi connectivity index (χ1) is 8.81. The standard InChI is InChI=1S/C13H14N4O/c1-2-16(8-5-7-14)13-11(10-18)17-9-4-3-6-12(17)15-13/h3-4,6,9-10H,2,5,8H2,1H3. The first kappa shape index (κ1) is 12.1. The van der Waals surface area contributed by atoms with Crippen molar-refractivity contribution in [1.82, 2.24) is 9.38 Å². The van der Waals surface area contributed by atoms with Crippen molar-refractivity contribution < 1.29 is 4.79 Å². The minimum Gasteiger partial charge on any atom is -0.354 e. The molecule has 0 aromatic carbocycles. The van der Waals surface area contributed by atoms with E-state index in [1.807, 2.05) is 36.2 Å². The lowest BCUT2D eigenvalue weighted by Crippen LogP contribution is -2.25. The lowest BCUT2D eigenvalue weighted by Gasteiger charge is -2.19. The van der Waals surface area contributed by atoms with Crippen molar-refractivity contribution in [2.24, 2.45) is 0 Å². The van der Waals surface area contributed by atoms with Crippen LogP contribution in [0, 0.1) is 11.3 Å². The second-order valence-corrected chi connectivity index (χ2v) is 3.86. The third kappa shape index (κ3) is 2.05. The molecular weight excluding hydrogens is 228 g/mol. The van der Waals surface area contributed by atoms with Crippen LogP contribution in [0.4, 0.5) is 5.82 Å². The van der Waals surface area contributed by atoms with E-state index in [-0.39, 0.29) is 0 Å². The number of nitrogens with zero attached hydrogens (tertiary/aromatic N) is 4. The fraction of sp³-hybridized carbons (Fsp3) is 0.308. The molecule has 5 heteroatoms. The number of hydrogen-bond acceptors (Lipinski definition) is 4. The molecule has 0 saturated carbocycles. The van der Waals surface area contributed by atoms with E-state index in [1.54, 1.807) is 4.40 Å². The second kappa shape index (κ2) is 5.32. The Hall–Kier alpha value is -2.35. The van der Waals surface area contributed by atoms with Gasteiger partial charge in [-0.15, -0.1) is 0 Å². The molecule has 0 N–H and O–H groups in total. The van der Waals surface area contributed by atoms with Crippen LogP contribution in [-0.2, 0) is 0 Å². The molecule has 2 aromatic heterocycles. The molecule has 0 aliphatic rings. The van der Waals surface area contributed by atoms with Gasteiger partial charge in [0.05, 0.1) is 12.5 Å². The highest BCUT2D eigenvalue weighted by Gasteiger charge is 2.16. The van der Waals surface area contributed by atoms with Crippen LogP contribution in [0.25, 0.3) is 5.65 Å². The summed E-state index contributed by atoms with van der Waals surface area (Å²) in [6, 6.07) is 7.70. The Labute approximate surface area is 105 Å². The highest BCUT2D eigenvalue weighted by Crippen LogP contribution is 2.20. The Morgan fingerprint density at radius 1 is 1.56 bits per heavy atom. The molecule has 0 amide bonds. The van der Waals surface area contributed by atoms with Gasteiger partial charge in [-0.1, -0.05) is 6.07 Å². The zero-order valence-corrected chi connectivity index (χ0v) is 10.2. The van der Waals surface area contributed by atoms with Crippen LogP contribution >= 0.6 is 0 Å². The molecule has 0 unspecified atom stereocenters. The van der Waals surface area contributed by atoms with Gasteiger partial charge >= 0.3 is 0 Å². The van der Waals surface area contributed by atoms with E-state index >= 15 is 0 Å². The molecule has 92 valence electrons. The number of nitriles is 1. The molecule has 0 atom stereocenters. The molecule has 0 fully saturated rings. The summed E-state index contributed by atoms with van der Waals surface area (Å²) in [5.41, 5.74) is 1.27. The normalized spacial score (nSPS) is 10.2. The third-order valence-corrected chi connectivity index (χ3v) is 2.83. The molecule has 0 aliphatic heterocycles. The summed E-state index contributed by atoms with van der Waals surface area (Å²) in [4.78, 5) is 17.6. The van der Waals surface area contributed by atoms with E-state index in [2.05, 4.69) is 11.1 Å². The Morgan fingerprint density at radius 2 is 2.39 bits per heavy atom. The number of anilines is 1. The van der Waals surface area contributed by atoms with Crippen LogP contribution in [0.5, 0.6) is 0 Å². The van der Waals surface area contributed by atoms with Gasteiger partial charge in [-0.3, -0.25) is 9.20 Å². The first-order valence-corrected chi connectivity index (χ1v) is 5.86. The Kier molecular flexibility index (Phi) is 3.58. The third-order valence-electron chi connectivity index (χ3n) is 2.83. The minimum atomic E-state index is 0.417. The molecule has 2 heterocycles. The summed E-state index contributed by atoms with van der Waals surface area (Å²) in [7, 11) is 0. The maximum atomic E-state index is 11.2. The van der Waals surface area contributed by atoms with Crippen molar-refractivity contribution >= 4 is 17.8 Å². The van der Waals surface area contributed by atoms with Crippen molar-refractivity contribution in [2.75, 3.05) is 18.0 Å². The number of imidazole rings is 1. The molecule has 0 bridgehead atoms. The molecule has 0 spiro atoms. The van der Waals surface area contributed by atoms with Crippen LogP contribution in [0.3, 0.4) is 0 Å². The Balaban J connectivity index is 2.48. The zero-order valence-electron chi connectivity index (χ0n) is 10.2. The van der Waals surface area contributed by atoms with Gasteiger partial charge in [0, 0.05) is 19.3 Å². The van der Waals surface area contributed by atoms with Crippen molar-refractivity contribution in [3.63, 3.8) is 0 Å². The molecule has 0 radical (unpaired) electrons. The van der Waals surface area contributed by atoms with Gasteiger partial charge in [-0.2, -0.15) is 5.26 Å². The molecular formula is C13H14N4O. The summed E-state index contributed by atoms with van der Waals surface area (Å²) in [5.74, 6) is 0.647. The van der Waals surface area contributed by atoms with Gasteiger partial charge in [-0.05, 0) is 19.1 Å². The van der Waals surface area contributed by atoms with Crippen molar-refractivity contribution in [1.29, 1.82) is 5.26 Å². The summed E-state index contributed by atoms with van der Waals surface area (Å²) in [5, 5.41) is 8.65. The highest BCUT2D eigenvalue weighted by atomic mass is 16.1. The number of fused-ring (bicyclic) bond motifs is 1. The monoisotopic (exact) mass is 242 g/mol. The SMILES string of the molecule is CCN(CCC#N)c1nc2ccccn2c1C=O. The molecule has 5 nitrogen and oxygen atoms in total. The van der Waals surface area contributed by atoms with Gasteiger partial charge in [0.25, 0.3) is 0 Å². The summed E-state index contributed by atoms with van der Waals surface area (Å²) < 4.78 is 1.76. The summed E-state index contributed by atoms with van der Waals surface area (Å²) >= 11 is 0. The number of aromatic nitrogens is 2. The van der Waals surface area contributed by atoms with Crippen LogP contribution < -0.4 is 4.90 Å². The fourth-order valence-corrected chi connectivity index (χ4v) is 1.94. The zero-order chi connectivity index (χ0) is 13.0. The number of carbonyl (C=O) groups excluding carboxylic acids is 1. The average Bonchev–Trinajstić information content (AvgIpc) is 2.78. The van der Waals surface area contributed by atoms with E-state index in [4.69, 9.17) is 5.26 Å². The average molecular weight is 242 g/mol. The van der Waals surface area contributed by atoms with Gasteiger partial charge < -0.3 is 4.90 Å². The number of aldehydes is 1. The van der Waals surface area contributed by atoms with E-state index in [0.29, 0.717) is 31.0 Å². The summed E-state index contributed by atoms with van der Waals surface area (Å²) in [6.45, 7) is 3.28. The predicted octanol–water partition coefficient (Wildman–Crippen LogP) is 1.89. The predicted molar refractivity (Wildman–Crippen MR) is 68.7 cm³/mol. The van der Waals surface area contributed by atoms with Gasteiger partial charge in [0.15, 0.2) is 12.1 Å². The van der Waals surface area contributed by atoms with Crippen molar-refractivity contribution in [2.45, 2.75) is 13.3 Å². The van der Waals surface area contributed by atoms with E-state index < -0.39 is 0 Å². The van der Waals surface area contributed by atoms with Crippen LogP contribution in [0.2, 0.25) is 0 Å². The lowest BCUT2D eigenvalue weighted by molar-refractivity contribution is 0.111. The number of rotatable bonds is 5. The van der Waals surface area contributed by atoms with Crippen LogP contribution in [-0.4, -0.2) is 28.8 Å². The fourth-order valence-electron chi connectivity index (χ4n) is 1.94. The molecule has 0 aliphatic carbocycles. The van der Waals surface area contributed by atoms with Crippen molar-refractivity contribution in [3.05, 3.63) is 30.1 Å². The number of hydrogen-bond donors (Lipinski definition) is 0. The second-order valence-electron chi connectivity index (χ2n) is 3.86. The van der Waals surface area contributed by atoms with E-state index in [9.17, 15) is 4.79 Å². The van der Waals surface area contributed by atoms with E-state index in [1.165, 1.54) is 0 Å². The Bertz CT molecular complexity index is 597. The topological polar surface area (TPSA) is 61.4 Å². The highest BCUT2D eigenvalue weighted by molar-refractivity contribution is 5.83. The molecule has 0 saturated heterocycles. The van der Waals surface area contributed by atoms with Gasteiger partial charge in [0.1, 0.15) is 11.3 Å². The smallest absolute Gasteiger partial charge is 0.170 e. The van der Waals surface area contributed by atoms with Crippen LogP contribution in [0.15, 0.2) is 24.4 Å². The first-order valence-electron chi connectivity index (χ1n) is 5.86. The number of carbonyl (C=O) groups is 1. The quantitative estimate of drug-likeness (QED) is 0.751. The number of pyridine rings is 1. The van der Waals surface area contributed by atoms with Crippen LogP contribution in [0.1, 0.15) is 23.8 Å². The molecule has 2 aromatic rings. The van der Waals surface area contributed by atoms with Gasteiger partial charge in [-0.25, -0.2) is 4.98 Å². The minimum absolute atomic E-state index is 0.417. The van der Waals surface area contributed by atoms with Gasteiger partial charge in [0.2, 0.25) is 0 Å². The van der Waals surface area contributed by atoms with E-state index in [0.717, 1.165) is 11.9 Å². The molecule has 2 rings (SSSR count). The lowest BCUT2D eigenvalue weighted by atomic mass is 10.3. The maximum absolute atomic E-state index is 11.2.